The Labute approximate surface area is 118 Å². The van der Waals surface area contributed by atoms with Crippen molar-refractivity contribution in [1.82, 2.24) is 0 Å². The van der Waals surface area contributed by atoms with E-state index in [9.17, 15) is 0 Å². The zero-order chi connectivity index (χ0) is 0. The summed E-state index contributed by atoms with van der Waals surface area (Å²) in [6.07, 6.45) is 0. The third kappa shape index (κ3) is 24.8. The fourth-order valence-electron chi connectivity index (χ4n) is 0. The number of hydrogen-bond donors (Lipinski definition) is 0. The molecule has 6 heteroatoms. The van der Waals surface area contributed by atoms with Gasteiger partial charge in [0, 0.05) is 17.1 Å². The molecule has 0 rings (SSSR count). The minimum atomic E-state index is 0. The van der Waals surface area contributed by atoms with E-state index in [0.717, 1.165) is 0 Å². The second-order valence-corrected chi connectivity index (χ2v) is 0. The van der Waals surface area contributed by atoms with Crippen LogP contribution in [0.1, 0.15) is 0 Å². The maximum atomic E-state index is 0. The van der Waals surface area contributed by atoms with Crippen LogP contribution in [0, 0.1) is 0 Å². The molecule has 0 aromatic carbocycles. The molecule has 0 nitrogen and oxygen atoms in total. The second-order valence-electron chi connectivity index (χ2n) is 0. The Balaban J connectivity index is 0. The van der Waals surface area contributed by atoms with Gasteiger partial charge in [0.15, 0.2) is 0 Å². The van der Waals surface area contributed by atoms with E-state index >= 15 is 0 Å². The monoisotopic (exact) mass is 639 g/mol. The SMILES string of the molecule is [AsH3].[Cu].[PbH2].[SbH3].[SeH2].[SeH2]. The van der Waals surface area contributed by atoms with Crippen molar-refractivity contribution in [3.63, 3.8) is 0 Å². The zero-order valence-corrected chi connectivity index (χ0v) is 21.1. The van der Waals surface area contributed by atoms with Crippen LogP contribution in [0.25, 0.3) is 0 Å². The molecule has 0 fully saturated rings. The summed E-state index contributed by atoms with van der Waals surface area (Å²) in [6, 6.07) is 0. The van der Waals surface area contributed by atoms with Crippen molar-refractivity contribution in [3.8, 4) is 0 Å². The average molecular weight is 637 g/mol. The quantitative estimate of drug-likeness (QED) is 0.234. The maximum absolute atomic E-state index is 0. The second kappa shape index (κ2) is 36.8. The van der Waals surface area contributed by atoms with Gasteiger partial charge in [0.25, 0.3) is 0 Å². The topological polar surface area (TPSA) is 0 Å². The Morgan fingerprint density at radius 1 is 0.833 bits per heavy atom. The molecule has 1 unspecified atom stereocenters. The van der Waals surface area contributed by atoms with E-state index in [1.165, 1.54) is 0 Å². The molecule has 0 aliphatic rings. The fourth-order valence-corrected chi connectivity index (χ4v) is 0. The summed E-state index contributed by atoms with van der Waals surface area (Å²) >= 11 is 0. The van der Waals surface area contributed by atoms with Gasteiger partial charge in [-0.2, -0.15) is 0 Å². The minimum absolute atomic E-state index is 0. The molecule has 0 aromatic heterocycles. The van der Waals surface area contributed by atoms with E-state index in [-0.39, 0.29) is 121 Å². The van der Waals surface area contributed by atoms with Crippen LogP contribution in [0.5, 0.6) is 0 Å². The van der Waals surface area contributed by atoms with Gasteiger partial charge in [0.05, 0.1) is 0 Å². The first-order valence-corrected chi connectivity index (χ1v) is 0. The Kier molecular flexibility index (Phi) is 318. The summed E-state index contributed by atoms with van der Waals surface area (Å²) < 4.78 is 0. The molecule has 0 amide bonds. The molecule has 0 heterocycles. The molecule has 1 atom stereocenters. The van der Waals surface area contributed by atoms with Crippen molar-refractivity contribution in [2.24, 2.45) is 0 Å². The predicted molar refractivity (Wildman–Crippen MR) is 45.5 cm³/mol. The van der Waals surface area contributed by atoms with E-state index in [2.05, 4.69) is 0 Å². The van der Waals surface area contributed by atoms with Crippen LogP contribution < -0.4 is 0 Å². The number of hydrogen-bond acceptors (Lipinski definition) is 0. The molecule has 0 spiro atoms. The van der Waals surface area contributed by atoms with Gasteiger partial charge in [-0.15, -0.1) is 0 Å². The zero-order valence-electron chi connectivity index (χ0n) is 3.42. The van der Waals surface area contributed by atoms with Gasteiger partial charge in [-0.25, -0.2) is 0 Å². The van der Waals surface area contributed by atoms with Crippen molar-refractivity contribution in [3.05, 3.63) is 0 Å². The van der Waals surface area contributed by atoms with Crippen molar-refractivity contribution >= 4 is 104 Å². The van der Waals surface area contributed by atoms with Crippen molar-refractivity contribution < 1.29 is 17.1 Å². The van der Waals surface area contributed by atoms with E-state index in [1.807, 2.05) is 0 Å². The van der Waals surface area contributed by atoms with E-state index in [4.69, 9.17) is 0 Å². The van der Waals surface area contributed by atoms with Crippen molar-refractivity contribution in [2.45, 2.75) is 0 Å². The van der Waals surface area contributed by atoms with Gasteiger partial charge in [-0.05, 0) is 0 Å². The third-order valence-corrected chi connectivity index (χ3v) is 0. The first-order valence-electron chi connectivity index (χ1n) is 0. The molecule has 0 saturated heterocycles. The van der Waals surface area contributed by atoms with Crippen molar-refractivity contribution in [2.75, 3.05) is 0 Å². The Hall–Kier alpha value is 3.86. The normalized spacial score (nSPS) is 0. The van der Waals surface area contributed by atoms with Gasteiger partial charge < -0.3 is 0 Å². The van der Waals surface area contributed by atoms with Crippen molar-refractivity contribution in [1.29, 1.82) is 0 Å². The summed E-state index contributed by atoms with van der Waals surface area (Å²) in [5.74, 6) is 0. The molecule has 0 N–H and O–H groups in total. The molecule has 0 aliphatic heterocycles. The van der Waals surface area contributed by atoms with E-state index in [0.29, 0.717) is 0 Å². The Morgan fingerprint density at radius 2 is 0.833 bits per heavy atom. The first-order chi connectivity index (χ1) is 0. The van der Waals surface area contributed by atoms with Gasteiger partial charge in [-0.3, -0.25) is 0 Å². The van der Waals surface area contributed by atoms with Crippen LogP contribution in [0.4, 0.5) is 0 Å². The van der Waals surface area contributed by atoms with E-state index < -0.39 is 0 Å². The van der Waals surface area contributed by atoms with Gasteiger partial charge in [0.1, 0.15) is 0 Å². The molecule has 0 aromatic rings. The van der Waals surface area contributed by atoms with Crippen LogP contribution in [0.3, 0.4) is 0 Å². The molecular formula is H12AsCuPbSbSe2. The summed E-state index contributed by atoms with van der Waals surface area (Å²) in [7, 11) is 0. The average Bonchev–Trinajstić information content (AvgIpc) is 0. The summed E-state index contributed by atoms with van der Waals surface area (Å²) in [6.45, 7) is 0. The van der Waals surface area contributed by atoms with Crippen LogP contribution in [-0.2, 0) is 17.1 Å². The van der Waals surface area contributed by atoms with Crippen LogP contribution in [0.15, 0.2) is 0 Å². The molecule has 3 radical (unpaired) electrons. The Bertz CT molecular complexity index is 13.5. The first kappa shape index (κ1) is 52.0. The molecule has 0 saturated carbocycles. The molecule has 0 aliphatic carbocycles. The van der Waals surface area contributed by atoms with Crippen LogP contribution in [0.2, 0.25) is 0 Å². The summed E-state index contributed by atoms with van der Waals surface area (Å²) in [5, 5.41) is 0. The standard InChI is InChI=1S/AsH3.Cu.Pb.Sb.2H2Se.5H/h1H3;;;;2*1H2;;;;;. The molecule has 49 valence electrons. The Morgan fingerprint density at radius 3 is 0.833 bits per heavy atom. The molecule has 6 heavy (non-hydrogen) atoms. The van der Waals surface area contributed by atoms with E-state index in [1.54, 1.807) is 0 Å². The molecule has 0 bridgehead atoms. The summed E-state index contributed by atoms with van der Waals surface area (Å²) in [5.41, 5.74) is 0. The predicted octanol–water partition coefficient (Wildman–Crippen LogP) is -5.12. The molecular weight excluding hydrogens is 625 g/mol. The van der Waals surface area contributed by atoms with Crippen LogP contribution in [-0.4, -0.2) is 104 Å². The van der Waals surface area contributed by atoms with Gasteiger partial charge in [-0.1, -0.05) is 0 Å². The third-order valence-electron chi connectivity index (χ3n) is 0. The number of rotatable bonds is 0. The van der Waals surface area contributed by atoms with Crippen LogP contribution >= 0.6 is 0 Å². The van der Waals surface area contributed by atoms with Gasteiger partial charge in [0.2, 0.25) is 0 Å². The summed E-state index contributed by atoms with van der Waals surface area (Å²) in [4.78, 5) is 0. The fraction of sp³-hybridized carbons (Fsp3) is 0. The van der Waals surface area contributed by atoms with Gasteiger partial charge >= 0.3 is 104 Å².